The largest absolute Gasteiger partial charge is 0.481 e. The number of carboxylic acid groups (broad SMARTS) is 1. The molecule has 1 saturated heterocycles. The number of likely N-dealkylation sites (tertiary alicyclic amines) is 1. The van der Waals surface area contributed by atoms with Crippen molar-refractivity contribution in [2.45, 2.75) is 26.2 Å². The van der Waals surface area contributed by atoms with E-state index in [0.717, 1.165) is 12.1 Å². The zero-order valence-electron chi connectivity index (χ0n) is 21.7. The Hall–Kier alpha value is -4.12. The Morgan fingerprint density at radius 3 is 2.38 bits per heavy atom. The first-order chi connectivity index (χ1) is 19.0. The molecule has 1 N–H and O–H groups in total. The Morgan fingerprint density at radius 1 is 1.07 bits per heavy atom. The number of aryl methyl sites for hydroxylation is 1. The van der Waals surface area contributed by atoms with E-state index in [1.807, 2.05) is 0 Å². The molecule has 1 aliphatic heterocycles. The van der Waals surface area contributed by atoms with Gasteiger partial charge in [0.05, 0.1) is 11.4 Å². The molecule has 1 fully saturated rings. The minimum absolute atomic E-state index is 0.00345. The van der Waals surface area contributed by atoms with Crippen molar-refractivity contribution in [2.75, 3.05) is 25.0 Å². The van der Waals surface area contributed by atoms with Crippen LogP contribution in [0.2, 0.25) is 5.02 Å². The second-order valence-electron chi connectivity index (χ2n) is 9.85. The number of para-hydroxylation sites is 1. The SMILES string of the molecule is Cc1cccc(F)c1N(C)c1cc(-c2cc(F)c(Cl)c(F)c2)nc2cc(C(=O)N3CCC(CC(=O)O)CC3)nn12. The number of aromatic nitrogens is 3. The van der Waals surface area contributed by atoms with Gasteiger partial charge in [0, 0.05) is 44.3 Å². The summed E-state index contributed by atoms with van der Waals surface area (Å²) in [5.74, 6) is -3.36. The number of carboxylic acids is 1. The molecular formula is C28H25ClF3N5O3. The summed E-state index contributed by atoms with van der Waals surface area (Å²) in [5, 5.41) is 12.9. The molecule has 5 rings (SSSR count). The van der Waals surface area contributed by atoms with Crippen molar-refractivity contribution in [3.8, 4) is 11.3 Å². The van der Waals surface area contributed by atoms with Crippen LogP contribution < -0.4 is 4.90 Å². The quantitative estimate of drug-likeness (QED) is 0.291. The molecule has 0 saturated carbocycles. The monoisotopic (exact) mass is 571 g/mol. The minimum atomic E-state index is -0.964. The van der Waals surface area contributed by atoms with Crippen molar-refractivity contribution < 1.29 is 27.9 Å². The molecule has 0 aliphatic carbocycles. The van der Waals surface area contributed by atoms with Gasteiger partial charge < -0.3 is 14.9 Å². The molecule has 8 nitrogen and oxygen atoms in total. The molecule has 0 unspecified atom stereocenters. The van der Waals surface area contributed by atoms with E-state index < -0.39 is 28.4 Å². The van der Waals surface area contributed by atoms with Crippen molar-refractivity contribution in [1.29, 1.82) is 0 Å². The summed E-state index contributed by atoms with van der Waals surface area (Å²) < 4.78 is 45.0. The summed E-state index contributed by atoms with van der Waals surface area (Å²) in [7, 11) is 1.61. The lowest BCUT2D eigenvalue weighted by Crippen LogP contribution is -2.39. The van der Waals surface area contributed by atoms with Crippen LogP contribution in [-0.2, 0) is 4.79 Å². The summed E-state index contributed by atoms with van der Waals surface area (Å²) in [6, 6.07) is 9.69. The number of amides is 1. The van der Waals surface area contributed by atoms with E-state index in [2.05, 4.69) is 10.1 Å². The maximum Gasteiger partial charge on any atom is 0.303 e. The van der Waals surface area contributed by atoms with Crippen LogP contribution in [0.15, 0.2) is 42.5 Å². The lowest BCUT2D eigenvalue weighted by atomic mass is 9.93. The topological polar surface area (TPSA) is 91.0 Å². The van der Waals surface area contributed by atoms with Crippen LogP contribution in [0.4, 0.5) is 24.7 Å². The predicted molar refractivity (Wildman–Crippen MR) is 143 cm³/mol. The maximum atomic E-state index is 14.9. The molecule has 208 valence electrons. The number of hydrogen-bond acceptors (Lipinski definition) is 5. The molecule has 0 radical (unpaired) electrons. The highest BCUT2D eigenvalue weighted by atomic mass is 35.5. The van der Waals surface area contributed by atoms with Gasteiger partial charge in [0.15, 0.2) is 11.3 Å². The molecule has 1 aliphatic rings. The van der Waals surface area contributed by atoms with Crippen LogP contribution in [-0.4, -0.2) is 56.6 Å². The number of nitrogens with zero attached hydrogens (tertiary/aromatic N) is 5. The molecule has 2 aromatic heterocycles. The third kappa shape index (κ3) is 5.21. The third-order valence-corrected chi connectivity index (χ3v) is 7.50. The van der Waals surface area contributed by atoms with Gasteiger partial charge in [-0.1, -0.05) is 23.7 Å². The zero-order chi connectivity index (χ0) is 28.7. The number of benzene rings is 2. The Balaban J connectivity index is 1.59. The van der Waals surface area contributed by atoms with Gasteiger partial charge in [-0.25, -0.2) is 18.2 Å². The fourth-order valence-corrected chi connectivity index (χ4v) is 5.17. The number of carbonyl (C=O) groups is 2. The van der Waals surface area contributed by atoms with E-state index in [9.17, 15) is 22.8 Å². The van der Waals surface area contributed by atoms with E-state index >= 15 is 0 Å². The first-order valence-electron chi connectivity index (χ1n) is 12.6. The second-order valence-corrected chi connectivity index (χ2v) is 10.2. The number of aliphatic carboxylic acids is 1. The van der Waals surface area contributed by atoms with Crippen molar-refractivity contribution >= 4 is 40.6 Å². The number of halogens is 4. The van der Waals surface area contributed by atoms with Gasteiger partial charge >= 0.3 is 5.97 Å². The average molecular weight is 572 g/mol. The molecule has 0 spiro atoms. The lowest BCUT2D eigenvalue weighted by molar-refractivity contribution is -0.138. The molecule has 3 heterocycles. The summed E-state index contributed by atoms with van der Waals surface area (Å²) >= 11 is 5.67. The van der Waals surface area contributed by atoms with E-state index in [1.165, 1.54) is 27.6 Å². The average Bonchev–Trinajstić information content (AvgIpc) is 3.34. The minimum Gasteiger partial charge on any atom is -0.481 e. The fourth-order valence-electron chi connectivity index (χ4n) is 5.06. The number of anilines is 2. The number of piperidine rings is 1. The zero-order valence-corrected chi connectivity index (χ0v) is 22.4. The number of carbonyl (C=O) groups excluding carboxylic acids is 1. The van der Waals surface area contributed by atoms with Crippen molar-refractivity contribution in [2.24, 2.45) is 5.92 Å². The Morgan fingerprint density at radius 2 is 1.75 bits per heavy atom. The van der Waals surface area contributed by atoms with E-state index in [-0.39, 0.29) is 46.5 Å². The van der Waals surface area contributed by atoms with Gasteiger partial charge in [-0.3, -0.25) is 9.59 Å². The number of fused-ring (bicyclic) bond motifs is 1. The van der Waals surface area contributed by atoms with Gasteiger partial charge in [0.25, 0.3) is 5.91 Å². The van der Waals surface area contributed by atoms with Crippen LogP contribution in [0.25, 0.3) is 16.9 Å². The molecule has 2 aromatic carbocycles. The molecule has 1 amide bonds. The molecule has 4 aromatic rings. The van der Waals surface area contributed by atoms with E-state index in [1.54, 1.807) is 31.0 Å². The molecule has 40 heavy (non-hydrogen) atoms. The maximum absolute atomic E-state index is 14.9. The summed E-state index contributed by atoms with van der Waals surface area (Å²) in [6.45, 7) is 2.51. The highest BCUT2D eigenvalue weighted by molar-refractivity contribution is 6.31. The Bertz CT molecular complexity index is 1590. The van der Waals surface area contributed by atoms with Gasteiger partial charge in [-0.15, -0.1) is 0 Å². The summed E-state index contributed by atoms with van der Waals surface area (Å²) in [6.07, 6.45) is 1.17. The van der Waals surface area contributed by atoms with Crippen LogP contribution in [0.3, 0.4) is 0 Å². The van der Waals surface area contributed by atoms with Crippen LogP contribution >= 0.6 is 11.6 Å². The molecular weight excluding hydrogens is 547 g/mol. The van der Waals surface area contributed by atoms with Gasteiger partial charge in [0.2, 0.25) is 0 Å². The van der Waals surface area contributed by atoms with Crippen LogP contribution in [0, 0.1) is 30.3 Å². The van der Waals surface area contributed by atoms with Gasteiger partial charge in [-0.05, 0) is 49.4 Å². The van der Waals surface area contributed by atoms with Gasteiger partial charge in [-0.2, -0.15) is 9.61 Å². The first kappa shape index (κ1) is 27.4. The predicted octanol–water partition coefficient (Wildman–Crippen LogP) is 5.87. The lowest BCUT2D eigenvalue weighted by Gasteiger charge is -2.30. The first-order valence-corrected chi connectivity index (χ1v) is 13.0. The number of rotatable bonds is 6. The summed E-state index contributed by atoms with van der Waals surface area (Å²) in [4.78, 5) is 32.0. The highest BCUT2D eigenvalue weighted by Gasteiger charge is 2.28. The van der Waals surface area contributed by atoms with E-state index in [4.69, 9.17) is 16.7 Å². The number of hydrogen-bond donors (Lipinski definition) is 1. The van der Waals surface area contributed by atoms with Crippen LogP contribution in [0.5, 0.6) is 0 Å². The second kappa shape index (κ2) is 10.8. The van der Waals surface area contributed by atoms with E-state index in [0.29, 0.717) is 37.3 Å². The Kier molecular flexibility index (Phi) is 7.41. The third-order valence-electron chi connectivity index (χ3n) is 7.14. The fraction of sp³-hybridized carbons (Fsp3) is 0.286. The standard InChI is InChI=1S/C28H25ClF3N5O3/c1-15-4-3-5-18(30)27(15)35(2)24-14-21(17-11-19(31)26(29)20(32)12-17)33-23-13-22(34-37(23)24)28(40)36-8-6-16(7-9-36)10-25(38)39/h3-5,11-14,16H,6-10H2,1-2H3,(H,38,39). The smallest absolute Gasteiger partial charge is 0.303 e. The van der Waals surface area contributed by atoms with Gasteiger partial charge in [0.1, 0.15) is 28.3 Å². The van der Waals surface area contributed by atoms with Crippen molar-refractivity contribution in [1.82, 2.24) is 19.5 Å². The molecule has 0 bridgehead atoms. The summed E-state index contributed by atoms with van der Waals surface area (Å²) in [5.41, 5.74) is 1.41. The van der Waals surface area contributed by atoms with Crippen molar-refractivity contribution in [3.05, 3.63) is 76.2 Å². The Labute approximate surface area is 232 Å². The molecule has 12 heteroatoms. The normalized spacial score (nSPS) is 14.1. The molecule has 0 atom stereocenters. The van der Waals surface area contributed by atoms with Crippen molar-refractivity contribution in [3.63, 3.8) is 0 Å². The highest BCUT2D eigenvalue weighted by Crippen LogP contribution is 2.34. The van der Waals surface area contributed by atoms with Crippen LogP contribution in [0.1, 0.15) is 35.3 Å².